The van der Waals surface area contributed by atoms with Crippen molar-refractivity contribution in [3.8, 4) is 0 Å². The summed E-state index contributed by atoms with van der Waals surface area (Å²) in [6.07, 6.45) is 0.0564. The molecule has 1 rings (SSSR count). The highest BCUT2D eigenvalue weighted by atomic mass is 19.2. The first-order valence-corrected chi connectivity index (χ1v) is 6.23. The molecule has 0 saturated carbocycles. The van der Waals surface area contributed by atoms with Crippen molar-refractivity contribution in [2.45, 2.75) is 27.2 Å². The van der Waals surface area contributed by atoms with Crippen molar-refractivity contribution in [1.82, 2.24) is 5.32 Å². The molecule has 0 spiro atoms. The quantitative estimate of drug-likeness (QED) is 0.892. The van der Waals surface area contributed by atoms with Gasteiger partial charge in [0.05, 0.1) is 0 Å². The lowest BCUT2D eigenvalue weighted by Crippen LogP contribution is -2.36. The van der Waals surface area contributed by atoms with E-state index in [9.17, 15) is 18.4 Å². The minimum Gasteiger partial charge on any atom is -0.355 e. The lowest BCUT2D eigenvalue weighted by atomic mass is 9.96. The van der Waals surface area contributed by atoms with Gasteiger partial charge in [0.25, 0.3) is 0 Å². The van der Waals surface area contributed by atoms with Crippen LogP contribution in [0.4, 0.5) is 14.5 Å². The Morgan fingerprint density at radius 3 is 2.35 bits per heavy atom. The third-order valence-corrected chi connectivity index (χ3v) is 2.52. The highest BCUT2D eigenvalue weighted by molar-refractivity contribution is 5.91. The Labute approximate surface area is 116 Å². The Morgan fingerprint density at radius 1 is 1.15 bits per heavy atom. The molecule has 0 atom stereocenters. The number of halogens is 2. The van der Waals surface area contributed by atoms with Gasteiger partial charge in [-0.2, -0.15) is 0 Å². The smallest absolute Gasteiger partial charge is 0.226 e. The normalized spacial score (nSPS) is 11.1. The predicted molar refractivity (Wildman–Crippen MR) is 72.1 cm³/mol. The van der Waals surface area contributed by atoms with Gasteiger partial charge in [-0.3, -0.25) is 9.59 Å². The van der Waals surface area contributed by atoms with Crippen molar-refractivity contribution >= 4 is 17.5 Å². The molecule has 0 unspecified atom stereocenters. The zero-order valence-electron chi connectivity index (χ0n) is 11.7. The van der Waals surface area contributed by atoms with Crippen LogP contribution in [0.5, 0.6) is 0 Å². The summed E-state index contributed by atoms with van der Waals surface area (Å²) < 4.78 is 25.6. The maximum atomic E-state index is 12.9. The lowest BCUT2D eigenvalue weighted by molar-refractivity contribution is -0.128. The molecule has 1 aromatic rings. The van der Waals surface area contributed by atoms with Crippen LogP contribution in [0.15, 0.2) is 18.2 Å². The van der Waals surface area contributed by atoms with Crippen molar-refractivity contribution in [2.75, 3.05) is 11.9 Å². The van der Waals surface area contributed by atoms with Crippen molar-refractivity contribution < 1.29 is 18.4 Å². The maximum Gasteiger partial charge on any atom is 0.226 e. The molecule has 0 fully saturated rings. The van der Waals surface area contributed by atoms with E-state index in [0.717, 1.165) is 12.1 Å². The van der Waals surface area contributed by atoms with Crippen molar-refractivity contribution in [3.05, 3.63) is 29.8 Å². The number of benzene rings is 1. The second-order valence-electron chi connectivity index (χ2n) is 5.43. The van der Waals surface area contributed by atoms with Crippen molar-refractivity contribution in [2.24, 2.45) is 5.41 Å². The first-order valence-electron chi connectivity index (χ1n) is 6.23. The largest absolute Gasteiger partial charge is 0.355 e. The van der Waals surface area contributed by atoms with Gasteiger partial charge in [0, 0.05) is 30.1 Å². The predicted octanol–water partition coefficient (Wildman–Crippen LogP) is 2.46. The molecule has 20 heavy (non-hydrogen) atoms. The molecule has 0 aliphatic rings. The monoisotopic (exact) mass is 284 g/mol. The molecule has 1 aromatic carbocycles. The van der Waals surface area contributed by atoms with Crippen LogP contribution in [0, 0.1) is 17.0 Å². The zero-order valence-corrected chi connectivity index (χ0v) is 11.7. The van der Waals surface area contributed by atoms with Gasteiger partial charge in [0.15, 0.2) is 11.6 Å². The van der Waals surface area contributed by atoms with E-state index < -0.39 is 17.0 Å². The molecule has 2 amide bonds. The second-order valence-corrected chi connectivity index (χ2v) is 5.43. The maximum absolute atomic E-state index is 12.9. The average Bonchev–Trinajstić information content (AvgIpc) is 2.32. The van der Waals surface area contributed by atoms with Crippen LogP contribution in [-0.2, 0) is 9.59 Å². The number of anilines is 1. The highest BCUT2D eigenvalue weighted by Crippen LogP contribution is 2.14. The van der Waals surface area contributed by atoms with Gasteiger partial charge in [-0.15, -0.1) is 0 Å². The summed E-state index contributed by atoms with van der Waals surface area (Å²) in [5, 5.41) is 5.05. The van der Waals surface area contributed by atoms with E-state index in [0.29, 0.717) is 0 Å². The van der Waals surface area contributed by atoms with Gasteiger partial charge in [-0.25, -0.2) is 8.78 Å². The number of rotatable bonds is 4. The number of carbonyl (C=O) groups is 2. The molecule has 0 aliphatic carbocycles. The van der Waals surface area contributed by atoms with E-state index in [1.807, 2.05) is 0 Å². The van der Waals surface area contributed by atoms with Gasteiger partial charge < -0.3 is 10.6 Å². The van der Waals surface area contributed by atoms with Crippen LogP contribution in [0.2, 0.25) is 0 Å². The SMILES string of the molecule is CC(C)(C)C(=O)NCCC(=O)Nc1ccc(F)c(F)c1. The molecule has 2 N–H and O–H groups in total. The van der Waals surface area contributed by atoms with Crippen LogP contribution < -0.4 is 10.6 Å². The second kappa shape index (κ2) is 6.45. The van der Waals surface area contributed by atoms with E-state index in [-0.39, 0.29) is 30.5 Å². The minimum atomic E-state index is -1.02. The van der Waals surface area contributed by atoms with Gasteiger partial charge in [0.2, 0.25) is 11.8 Å². The zero-order chi connectivity index (χ0) is 15.3. The molecule has 0 heterocycles. The lowest BCUT2D eigenvalue weighted by Gasteiger charge is -2.17. The van der Waals surface area contributed by atoms with Gasteiger partial charge in [0.1, 0.15) is 0 Å². The van der Waals surface area contributed by atoms with E-state index in [2.05, 4.69) is 10.6 Å². The number of amides is 2. The highest BCUT2D eigenvalue weighted by Gasteiger charge is 2.20. The molecular weight excluding hydrogens is 266 g/mol. The molecule has 0 aromatic heterocycles. The summed E-state index contributed by atoms with van der Waals surface area (Å²) in [5.41, 5.74) is -0.340. The molecule has 0 saturated heterocycles. The fraction of sp³-hybridized carbons (Fsp3) is 0.429. The van der Waals surface area contributed by atoms with E-state index in [4.69, 9.17) is 0 Å². The summed E-state index contributed by atoms with van der Waals surface area (Å²) in [7, 11) is 0. The molecule has 0 aliphatic heterocycles. The summed E-state index contributed by atoms with van der Waals surface area (Å²) >= 11 is 0. The van der Waals surface area contributed by atoms with Crippen LogP contribution >= 0.6 is 0 Å². The third kappa shape index (κ3) is 4.95. The number of hydrogen-bond acceptors (Lipinski definition) is 2. The molecule has 110 valence electrons. The molecule has 4 nitrogen and oxygen atoms in total. The summed E-state index contributed by atoms with van der Waals surface area (Å²) in [6, 6.07) is 3.11. The fourth-order valence-electron chi connectivity index (χ4n) is 1.35. The van der Waals surface area contributed by atoms with Gasteiger partial charge in [-0.05, 0) is 12.1 Å². The number of nitrogens with one attached hydrogen (secondary N) is 2. The average molecular weight is 284 g/mol. The van der Waals surface area contributed by atoms with Crippen molar-refractivity contribution in [1.29, 1.82) is 0 Å². The van der Waals surface area contributed by atoms with E-state index in [1.165, 1.54) is 6.07 Å². The molecule has 6 heteroatoms. The van der Waals surface area contributed by atoms with Gasteiger partial charge in [-0.1, -0.05) is 20.8 Å². The fourth-order valence-corrected chi connectivity index (χ4v) is 1.35. The van der Waals surface area contributed by atoms with E-state index >= 15 is 0 Å². The summed E-state index contributed by atoms with van der Waals surface area (Å²) in [4.78, 5) is 23.1. The third-order valence-electron chi connectivity index (χ3n) is 2.52. The molecule has 0 bridgehead atoms. The first-order chi connectivity index (χ1) is 9.20. The first kappa shape index (κ1) is 16.1. The van der Waals surface area contributed by atoms with E-state index in [1.54, 1.807) is 20.8 Å². The Hall–Kier alpha value is -1.98. The number of hydrogen-bond donors (Lipinski definition) is 2. The van der Waals surface area contributed by atoms with Gasteiger partial charge >= 0.3 is 0 Å². The standard InChI is InChI=1S/C14H18F2N2O2/c1-14(2,3)13(20)17-7-6-12(19)18-9-4-5-10(15)11(16)8-9/h4-5,8H,6-7H2,1-3H3,(H,17,20)(H,18,19). The minimum absolute atomic E-state index is 0.0564. The molecular formula is C14H18F2N2O2. The van der Waals surface area contributed by atoms with Crippen molar-refractivity contribution in [3.63, 3.8) is 0 Å². The van der Waals surface area contributed by atoms with Crippen LogP contribution in [0.1, 0.15) is 27.2 Å². The Bertz CT molecular complexity index is 510. The van der Waals surface area contributed by atoms with Crippen LogP contribution in [0.3, 0.4) is 0 Å². The molecule has 0 radical (unpaired) electrons. The summed E-state index contributed by atoms with van der Waals surface area (Å²) in [5.74, 6) is -2.53. The Kier molecular flexibility index (Phi) is 5.19. The van der Waals surface area contributed by atoms with Crippen LogP contribution in [0.25, 0.3) is 0 Å². The Morgan fingerprint density at radius 2 is 1.80 bits per heavy atom. The Balaban J connectivity index is 2.41. The summed E-state index contributed by atoms with van der Waals surface area (Å²) in [6.45, 7) is 5.49. The topological polar surface area (TPSA) is 58.2 Å². The van der Waals surface area contributed by atoms with Crippen LogP contribution in [-0.4, -0.2) is 18.4 Å². The number of carbonyl (C=O) groups excluding carboxylic acids is 2.